The van der Waals surface area contributed by atoms with E-state index >= 15 is 0 Å². The molecule has 1 atom stereocenters. The molecule has 1 saturated carbocycles. The molecule has 4 rings (SSSR count). The number of rotatable bonds is 8. The average Bonchev–Trinajstić information content (AvgIpc) is 3.68. The predicted octanol–water partition coefficient (Wildman–Crippen LogP) is 3.74. The normalized spacial score (nSPS) is 14.9. The van der Waals surface area contributed by atoms with Crippen molar-refractivity contribution in [1.82, 2.24) is 25.3 Å². The highest BCUT2D eigenvalue weighted by molar-refractivity contribution is 7.93. The van der Waals surface area contributed by atoms with Crippen molar-refractivity contribution < 1.29 is 26.4 Å². The molecule has 9 nitrogen and oxygen atoms in total. The topological polar surface area (TPSA) is 127 Å². The van der Waals surface area contributed by atoms with E-state index in [1.54, 1.807) is 6.07 Å². The van der Waals surface area contributed by atoms with E-state index in [9.17, 15) is 26.4 Å². The molecule has 35 heavy (non-hydrogen) atoms. The van der Waals surface area contributed by atoms with E-state index in [4.69, 9.17) is 0 Å². The second-order valence-corrected chi connectivity index (χ2v) is 9.91. The molecule has 1 fully saturated rings. The van der Waals surface area contributed by atoms with Gasteiger partial charge in [0.15, 0.2) is 5.69 Å². The van der Waals surface area contributed by atoms with Crippen molar-refractivity contribution in [2.75, 3.05) is 4.72 Å². The maximum atomic E-state index is 12.9. The highest BCUT2D eigenvalue weighted by Crippen LogP contribution is 2.30. The summed E-state index contributed by atoms with van der Waals surface area (Å²) in [6.45, 7) is 1.83. The lowest BCUT2D eigenvalue weighted by molar-refractivity contribution is -0.141. The fourth-order valence-electron chi connectivity index (χ4n) is 3.27. The van der Waals surface area contributed by atoms with E-state index in [1.807, 2.05) is 6.92 Å². The smallest absolute Gasteiger partial charge is 0.344 e. The second-order valence-electron chi connectivity index (χ2n) is 7.95. The molecule has 2 aromatic heterocycles. The molecule has 2 heterocycles. The van der Waals surface area contributed by atoms with Crippen LogP contribution in [-0.4, -0.2) is 39.5 Å². The van der Waals surface area contributed by atoms with Crippen LogP contribution >= 0.6 is 0 Å². The van der Waals surface area contributed by atoms with E-state index in [-0.39, 0.29) is 17.2 Å². The molecule has 0 aliphatic heterocycles. The van der Waals surface area contributed by atoms with Gasteiger partial charge in [-0.3, -0.25) is 14.5 Å². The van der Waals surface area contributed by atoms with Gasteiger partial charge in [0, 0.05) is 17.3 Å². The van der Waals surface area contributed by atoms with Gasteiger partial charge in [0.25, 0.3) is 5.91 Å². The van der Waals surface area contributed by atoms with E-state index in [0.717, 1.165) is 0 Å². The van der Waals surface area contributed by atoms with Gasteiger partial charge in [-0.25, -0.2) is 23.4 Å². The summed E-state index contributed by atoms with van der Waals surface area (Å²) in [5.74, 6) is -0.495. The zero-order valence-electron chi connectivity index (χ0n) is 18.5. The lowest BCUT2D eigenvalue weighted by Crippen LogP contribution is -2.29. The number of alkyl halides is 3. The van der Waals surface area contributed by atoms with E-state index in [0.29, 0.717) is 36.7 Å². The van der Waals surface area contributed by atoms with Gasteiger partial charge in [-0.05, 0) is 37.5 Å². The maximum absolute atomic E-state index is 12.9. The predicted molar refractivity (Wildman–Crippen MR) is 121 cm³/mol. The third-order valence-electron chi connectivity index (χ3n) is 5.31. The van der Waals surface area contributed by atoms with Crippen molar-refractivity contribution in [2.24, 2.45) is 0 Å². The SMILES string of the molecule is CCC(NC(=O)c1ccc(-c2cncc(C(F)(F)F)n2)cc1)c1ccnc(NS(=O)(=O)C2CC2)n1. The third kappa shape index (κ3) is 5.91. The largest absolute Gasteiger partial charge is 0.434 e. The molecule has 1 aromatic carbocycles. The van der Waals surface area contributed by atoms with Crippen molar-refractivity contribution in [3.05, 3.63) is 65.9 Å². The number of hydrogen-bond donors (Lipinski definition) is 2. The van der Waals surface area contributed by atoms with Crippen molar-refractivity contribution >= 4 is 21.9 Å². The Labute approximate surface area is 199 Å². The molecule has 184 valence electrons. The zero-order valence-corrected chi connectivity index (χ0v) is 19.3. The van der Waals surface area contributed by atoms with Crippen LogP contribution in [0.15, 0.2) is 48.9 Å². The maximum Gasteiger partial charge on any atom is 0.434 e. The molecule has 1 unspecified atom stereocenters. The fourth-order valence-corrected chi connectivity index (χ4v) is 4.54. The quantitative estimate of drug-likeness (QED) is 0.477. The molecule has 2 N–H and O–H groups in total. The molecule has 3 aromatic rings. The van der Waals surface area contributed by atoms with Crippen LogP contribution in [0.3, 0.4) is 0 Å². The summed E-state index contributed by atoms with van der Waals surface area (Å²) in [6.07, 6.45) is 0.315. The summed E-state index contributed by atoms with van der Waals surface area (Å²) in [6, 6.07) is 6.95. The summed E-state index contributed by atoms with van der Waals surface area (Å²) in [5.41, 5.74) is -0.00160. The monoisotopic (exact) mass is 506 g/mol. The molecule has 1 aliphatic carbocycles. The number of benzene rings is 1. The molecule has 1 aliphatic rings. The Bertz CT molecular complexity index is 1330. The minimum Gasteiger partial charge on any atom is -0.344 e. The molecule has 1 amide bonds. The number of carbonyl (C=O) groups excluding carboxylic acids is 1. The molecule has 0 spiro atoms. The van der Waals surface area contributed by atoms with E-state index < -0.39 is 39.1 Å². The van der Waals surface area contributed by atoms with Gasteiger partial charge in [-0.15, -0.1) is 0 Å². The van der Waals surface area contributed by atoms with Crippen LogP contribution in [0.4, 0.5) is 19.1 Å². The van der Waals surface area contributed by atoms with Gasteiger partial charge < -0.3 is 5.32 Å². The van der Waals surface area contributed by atoms with Crippen molar-refractivity contribution in [1.29, 1.82) is 0 Å². The number of nitrogens with one attached hydrogen (secondary N) is 2. The van der Waals surface area contributed by atoms with Crippen LogP contribution in [0, 0.1) is 0 Å². The highest BCUT2D eigenvalue weighted by Gasteiger charge is 2.36. The molecule has 0 radical (unpaired) electrons. The first kappa shape index (κ1) is 24.5. The molecule has 0 saturated heterocycles. The number of aromatic nitrogens is 4. The number of carbonyl (C=O) groups is 1. The Hall–Kier alpha value is -3.61. The second kappa shape index (κ2) is 9.56. The van der Waals surface area contributed by atoms with Gasteiger partial charge in [0.2, 0.25) is 16.0 Å². The van der Waals surface area contributed by atoms with Gasteiger partial charge in [0.05, 0.1) is 35.1 Å². The summed E-state index contributed by atoms with van der Waals surface area (Å²) < 4.78 is 65.4. The Kier molecular flexibility index (Phi) is 6.70. The Morgan fingerprint density at radius 2 is 1.83 bits per heavy atom. The number of nitrogens with zero attached hydrogens (tertiary/aromatic N) is 4. The molecular weight excluding hydrogens is 485 g/mol. The first-order valence-electron chi connectivity index (χ1n) is 10.7. The summed E-state index contributed by atoms with van der Waals surface area (Å²) in [7, 11) is -3.53. The van der Waals surface area contributed by atoms with Crippen LogP contribution in [0.1, 0.15) is 54.0 Å². The van der Waals surface area contributed by atoms with Crippen LogP contribution in [0.2, 0.25) is 0 Å². The number of hydrogen-bond acceptors (Lipinski definition) is 7. The molecule has 0 bridgehead atoms. The summed E-state index contributed by atoms with van der Waals surface area (Å²) in [4.78, 5) is 28.2. The standard InChI is InChI=1S/C22H21F3N6O3S/c1-2-16(17-9-10-27-21(30-17)31-35(33,34)15-7-8-15)29-20(32)14-5-3-13(4-6-14)18-11-26-12-19(28-18)22(23,24)25/h3-6,9-12,15-16H,2,7-8H2,1H3,(H,29,32)(H,27,30,31). The van der Waals surface area contributed by atoms with Crippen LogP contribution in [-0.2, 0) is 16.2 Å². The summed E-state index contributed by atoms with van der Waals surface area (Å²) >= 11 is 0. The lowest BCUT2D eigenvalue weighted by atomic mass is 10.1. The first-order valence-corrected chi connectivity index (χ1v) is 12.3. The first-order chi connectivity index (χ1) is 16.6. The van der Waals surface area contributed by atoms with Gasteiger partial charge in [-0.2, -0.15) is 13.2 Å². The Morgan fingerprint density at radius 1 is 1.11 bits per heavy atom. The Morgan fingerprint density at radius 3 is 2.46 bits per heavy atom. The van der Waals surface area contributed by atoms with Crippen LogP contribution in [0.5, 0.6) is 0 Å². The van der Waals surface area contributed by atoms with Crippen molar-refractivity contribution in [3.8, 4) is 11.3 Å². The highest BCUT2D eigenvalue weighted by atomic mass is 32.2. The fraction of sp³-hybridized carbons (Fsp3) is 0.318. The van der Waals surface area contributed by atoms with Gasteiger partial charge in [0.1, 0.15) is 0 Å². The minimum atomic E-state index is -4.61. The van der Waals surface area contributed by atoms with Gasteiger partial charge in [-0.1, -0.05) is 19.1 Å². The summed E-state index contributed by atoms with van der Waals surface area (Å²) in [5, 5.41) is 2.40. The lowest BCUT2D eigenvalue weighted by Gasteiger charge is -2.17. The average molecular weight is 507 g/mol. The van der Waals surface area contributed by atoms with Crippen LogP contribution < -0.4 is 10.0 Å². The number of anilines is 1. The Balaban J connectivity index is 1.47. The number of amides is 1. The number of halogens is 3. The molecule has 13 heteroatoms. The third-order valence-corrected chi connectivity index (χ3v) is 7.13. The van der Waals surface area contributed by atoms with Crippen LogP contribution in [0.25, 0.3) is 11.3 Å². The zero-order chi connectivity index (χ0) is 25.2. The van der Waals surface area contributed by atoms with Crippen molar-refractivity contribution in [3.63, 3.8) is 0 Å². The van der Waals surface area contributed by atoms with E-state index in [2.05, 4.69) is 30.0 Å². The van der Waals surface area contributed by atoms with E-state index in [1.165, 1.54) is 36.7 Å². The van der Waals surface area contributed by atoms with Crippen molar-refractivity contribution in [2.45, 2.75) is 43.7 Å². The van der Waals surface area contributed by atoms with Gasteiger partial charge >= 0.3 is 6.18 Å². The number of sulfonamides is 1. The molecular formula is C22H21F3N6O3S. The minimum absolute atomic E-state index is 0.0281.